The quantitative estimate of drug-likeness (QED) is 0.132. The van der Waals surface area contributed by atoms with E-state index in [0.717, 1.165) is 18.1 Å². The summed E-state index contributed by atoms with van der Waals surface area (Å²) < 4.78 is 0. The van der Waals surface area contributed by atoms with Crippen molar-refractivity contribution in [1.29, 1.82) is 0 Å². The maximum Gasteiger partial charge on any atom is 0.226 e. The van der Waals surface area contributed by atoms with Gasteiger partial charge in [0.2, 0.25) is 5.96 Å². The molecule has 0 radical (unpaired) electrons. The first-order valence-corrected chi connectivity index (χ1v) is 19.7. The number of rotatable bonds is 4. The highest BCUT2D eigenvalue weighted by atomic mass is 15.3. The van der Waals surface area contributed by atoms with Gasteiger partial charge in [-0.15, -0.1) is 0 Å². The third-order valence-electron chi connectivity index (χ3n) is 12.6. The highest BCUT2D eigenvalue weighted by Gasteiger charge is 2.47. The van der Waals surface area contributed by atoms with E-state index in [1.807, 2.05) is 0 Å². The molecule has 55 heavy (non-hydrogen) atoms. The minimum Gasteiger partial charge on any atom is -0.303 e. The van der Waals surface area contributed by atoms with Crippen LogP contribution in [0.2, 0.25) is 0 Å². The van der Waals surface area contributed by atoms with E-state index < -0.39 is 0 Å². The van der Waals surface area contributed by atoms with Gasteiger partial charge in [-0.25, -0.2) is 9.98 Å². The van der Waals surface area contributed by atoms with Crippen LogP contribution in [0.4, 0.5) is 5.69 Å². The molecule has 0 saturated heterocycles. The summed E-state index contributed by atoms with van der Waals surface area (Å²) in [5.74, 6) is 0.912. The van der Waals surface area contributed by atoms with E-state index in [1.165, 1.54) is 89.2 Å². The lowest BCUT2D eigenvalue weighted by Crippen LogP contribution is -2.39. The fraction of sp³-hybridized carbons (Fsp3) is 0.192. The molecule has 3 aliphatic carbocycles. The molecule has 3 heteroatoms. The van der Waals surface area contributed by atoms with Crippen LogP contribution in [0.5, 0.6) is 0 Å². The molecule has 2 unspecified atom stereocenters. The molecule has 4 aliphatic rings. The summed E-state index contributed by atoms with van der Waals surface area (Å²) in [5.41, 5.74) is 21.8. The molecule has 0 bridgehead atoms. The van der Waals surface area contributed by atoms with Crippen molar-refractivity contribution in [2.24, 2.45) is 9.98 Å². The molecule has 0 spiro atoms. The van der Waals surface area contributed by atoms with Crippen molar-refractivity contribution in [2.45, 2.75) is 65.0 Å². The van der Waals surface area contributed by atoms with Gasteiger partial charge in [-0.05, 0) is 117 Å². The van der Waals surface area contributed by atoms with Crippen LogP contribution in [0.15, 0.2) is 161 Å². The number of hydrogen-bond donors (Lipinski definition) is 0. The van der Waals surface area contributed by atoms with Gasteiger partial charge in [-0.1, -0.05) is 147 Å². The van der Waals surface area contributed by atoms with Gasteiger partial charge < -0.3 is 4.90 Å². The Hall–Kier alpha value is -6.06. The predicted molar refractivity (Wildman–Crippen MR) is 230 cm³/mol. The van der Waals surface area contributed by atoms with Gasteiger partial charge in [0, 0.05) is 28.3 Å². The third kappa shape index (κ3) is 5.32. The highest BCUT2D eigenvalue weighted by molar-refractivity contribution is 6.14. The molecule has 0 amide bonds. The Morgan fingerprint density at radius 3 is 2.25 bits per heavy atom. The summed E-state index contributed by atoms with van der Waals surface area (Å²) in [6.45, 7) is 12.0. The van der Waals surface area contributed by atoms with Gasteiger partial charge in [-0.2, -0.15) is 0 Å². The van der Waals surface area contributed by atoms with Gasteiger partial charge in [-0.3, -0.25) is 0 Å². The second kappa shape index (κ2) is 12.8. The molecule has 1 aliphatic heterocycles. The third-order valence-corrected chi connectivity index (χ3v) is 12.6. The van der Waals surface area contributed by atoms with Crippen molar-refractivity contribution in [3.8, 4) is 22.3 Å². The Kier molecular flexibility index (Phi) is 7.78. The lowest BCUT2D eigenvalue weighted by Gasteiger charge is -2.33. The molecule has 1 heterocycles. The second-order valence-electron chi connectivity index (χ2n) is 16.2. The molecule has 6 aromatic rings. The predicted octanol–water partition coefficient (Wildman–Crippen LogP) is 12.2. The smallest absolute Gasteiger partial charge is 0.226 e. The van der Waals surface area contributed by atoms with Crippen LogP contribution in [-0.4, -0.2) is 17.7 Å². The normalized spacial score (nSPS) is 18.8. The van der Waals surface area contributed by atoms with E-state index in [4.69, 9.17) is 9.98 Å². The largest absolute Gasteiger partial charge is 0.303 e. The minimum absolute atomic E-state index is 0.0370. The standard InChI is InChI=1S/C52H45N3/c1-32-16-9-11-21-38(32)42-28-43-44-29-45-41-23-13-14-25-48(41)55(49(45)30-47(44)52(4,5)46(43)26-33(42)2)51(53-31-35-17-7-6-8-18-35)54-34(3)39-24-15-20-37-27-36-19-10-12-22-40(36)50(37)39/h6-26,28-30,45,49H,27,31H2,1-5H3/b53-51?,54-34+. The van der Waals surface area contributed by atoms with Crippen LogP contribution >= 0.6 is 0 Å². The van der Waals surface area contributed by atoms with Crippen molar-refractivity contribution in [2.75, 3.05) is 4.90 Å². The Labute approximate surface area is 325 Å². The van der Waals surface area contributed by atoms with E-state index in [1.54, 1.807) is 0 Å². The minimum atomic E-state index is -0.153. The number of fused-ring (bicyclic) bond motifs is 9. The van der Waals surface area contributed by atoms with Crippen molar-refractivity contribution in [3.05, 3.63) is 201 Å². The number of anilines is 1. The second-order valence-corrected chi connectivity index (χ2v) is 16.2. The van der Waals surface area contributed by atoms with Gasteiger partial charge >= 0.3 is 0 Å². The summed E-state index contributed by atoms with van der Waals surface area (Å²) in [5, 5.41) is 0. The highest BCUT2D eigenvalue weighted by Crippen LogP contribution is 2.57. The molecule has 268 valence electrons. The van der Waals surface area contributed by atoms with Crippen molar-refractivity contribution in [3.63, 3.8) is 0 Å². The molecule has 0 N–H and O–H groups in total. The summed E-state index contributed by atoms with van der Waals surface area (Å²) in [4.78, 5) is 13.4. The van der Waals surface area contributed by atoms with E-state index in [-0.39, 0.29) is 17.4 Å². The summed E-state index contributed by atoms with van der Waals surface area (Å²) in [6.07, 6.45) is 6.08. The fourth-order valence-corrected chi connectivity index (χ4v) is 9.78. The molecule has 10 rings (SSSR count). The van der Waals surface area contributed by atoms with Gasteiger partial charge in [0.15, 0.2) is 0 Å². The Morgan fingerprint density at radius 1 is 0.691 bits per heavy atom. The molecule has 0 saturated carbocycles. The Morgan fingerprint density at radius 2 is 1.42 bits per heavy atom. The number of guanidine groups is 1. The summed E-state index contributed by atoms with van der Waals surface area (Å²) in [6, 6.07) is 48.7. The zero-order valence-electron chi connectivity index (χ0n) is 32.3. The number of hydrogen-bond acceptors (Lipinski definition) is 1. The van der Waals surface area contributed by atoms with Crippen molar-refractivity contribution < 1.29 is 0 Å². The number of benzene rings is 6. The van der Waals surface area contributed by atoms with Crippen LogP contribution in [0.3, 0.4) is 0 Å². The lowest BCUT2D eigenvalue weighted by molar-refractivity contribution is 0.639. The molecule has 2 atom stereocenters. The van der Waals surface area contributed by atoms with Crippen molar-refractivity contribution in [1.82, 2.24) is 0 Å². The van der Waals surface area contributed by atoms with Crippen molar-refractivity contribution >= 4 is 22.9 Å². The van der Waals surface area contributed by atoms with E-state index in [9.17, 15) is 0 Å². The summed E-state index contributed by atoms with van der Waals surface area (Å²) >= 11 is 0. The van der Waals surface area contributed by atoms with Gasteiger partial charge in [0.25, 0.3) is 0 Å². The van der Waals surface area contributed by atoms with Crippen LogP contribution in [0.1, 0.15) is 76.8 Å². The number of para-hydroxylation sites is 1. The number of nitrogens with zero attached hydrogens (tertiary/aromatic N) is 3. The van der Waals surface area contributed by atoms with Crippen LogP contribution in [0.25, 0.3) is 27.8 Å². The lowest BCUT2D eigenvalue weighted by atomic mass is 9.77. The monoisotopic (exact) mass is 711 g/mol. The first-order valence-electron chi connectivity index (χ1n) is 19.7. The number of aryl methyl sites for hydroxylation is 2. The fourth-order valence-electron chi connectivity index (χ4n) is 9.78. The zero-order chi connectivity index (χ0) is 37.4. The Bertz CT molecular complexity index is 2670. The zero-order valence-corrected chi connectivity index (χ0v) is 32.3. The van der Waals surface area contributed by atoms with E-state index in [2.05, 4.69) is 185 Å². The molecular weight excluding hydrogens is 667 g/mol. The molecule has 6 aromatic carbocycles. The SMILES string of the molecule is C/C(=N\C(=NCc1ccccc1)N1c2ccccc2C2C=C3C(=CC21)C(C)(C)c1cc(C)c(-c2ccccc2C)cc13)c1cccc2c1-c1ccccc1C2. The van der Waals surface area contributed by atoms with E-state index in [0.29, 0.717) is 6.54 Å². The average Bonchev–Trinajstić information content (AvgIpc) is 3.81. The first kappa shape index (κ1) is 33.5. The van der Waals surface area contributed by atoms with E-state index >= 15 is 0 Å². The van der Waals surface area contributed by atoms with Crippen LogP contribution in [-0.2, 0) is 18.4 Å². The molecule has 0 aromatic heterocycles. The molecule has 0 fully saturated rings. The number of aliphatic imine (C=N–C) groups is 2. The number of allylic oxidation sites excluding steroid dienone is 2. The maximum atomic E-state index is 5.55. The van der Waals surface area contributed by atoms with Crippen LogP contribution < -0.4 is 4.90 Å². The molecular formula is C52H45N3. The summed E-state index contributed by atoms with van der Waals surface area (Å²) in [7, 11) is 0. The first-order chi connectivity index (χ1) is 26.8. The average molecular weight is 712 g/mol. The molecule has 3 nitrogen and oxygen atoms in total. The van der Waals surface area contributed by atoms with Crippen LogP contribution in [0, 0.1) is 13.8 Å². The van der Waals surface area contributed by atoms with Gasteiger partial charge in [0.05, 0.1) is 12.6 Å². The maximum absolute atomic E-state index is 5.55. The van der Waals surface area contributed by atoms with Gasteiger partial charge in [0.1, 0.15) is 0 Å². The topological polar surface area (TPSA) is 28.0 Å². The Balaban J connectivity index is 1.12.